The summed E-state index contributed by atoms with van der Waals surface area (Å²) in [6.45, 7) is 1.16. The van der Waals surface area contributed by atoms with Crippen LogP contribution >= 0.6 is 11.6 Å². The molecule has 4 rings (SSSR count). The number of likely N-dealkylation sites (tertiary alicyclic amines) is 1. The molecule has 192 valence electrons. The molecule has 3 aromatic rings. The number of nitrogens with one attached hydrogen (secondary N) is 1. The van der Waals surface area contributed by atoms with E-state index >= 15 is 0 Å². The van der Waals surface area contributed by atoms with Crippen LogP contribution in [0.2, 0.25) is 5.02 Å². The minimum Gasteiger partial charge on any atom is -0.488 e. The van der Waals surface area contributed by atoms with Crippen molar-refractivity contribution in [1.82, 2.24) is 4.90 Å². The third-order valence-corrected chi connectivity index (χ3v) is 7.15. The van der Waals surface area contributed by atoms with Crippen LogP contribution in [0.15, 0.2) is 65.6 Å². The van der Waals surface area contributed by atoms with Crippen molar-refractivity contribution in [2.45, 2.75) is 23.6 Å². The summed E-state index contributed by atoms with van der Waals surface area (Å²) < 4.78 is 80.1. The van der Waals surface area contributed by atoms with Crippen molar-refractivity contribution in [3.63, 3.8) is 0 Å². The lowest BCUT2D eigenvalue weighted by Crippen LogP contribution is -2.23. The predicted octanol–water partition coefficient (Wildman–Crippen LogP) is 5.62. The summed E-state index contributed by atoms with van der Waals surface area (Å²) in [5.74, 6) is 0.177. The van der Waals surface area contributed by atoms with Crippen LogP contribution in [0.25, 0.3) is 0 Å². The van der Waals surface area contributed by atoms with Crippen molar-refractivity contribution in [3.05, 3.63) is 71.2 Å². The summed E-state index contributed by atoms with van der Waals surface area (Å²) in [6.07, 6.45) is -4.54. The number of benzene rings is 3. The first kappa shape index (κ1) is 25.9. The molecule has 12 heteroatoms. The number of ether oxygens (including phenoxy) is 2. The third kappa shape index (κ3) is 6.15. The average Bonchev–Trinajstić information content (AvgIpc) is 3.18. The highest BCUT2D eigenvalue weighted by molar-refractivity contribution is 7.92. The molecule has 1 heterocycles. The molecule has 1 aliphatic heterocycles. The summed E-state index contributed by atoms with van der Waals surface area (Å²) in [6, 6.07) is 13.3. The van der Waals surface area contributed by atoms with Gasteiger partial charge in [0.1, 0.15) is 23.4 Å². The second kappa shape index (κ2) is 10.1. The predicted molar refractivity (Wildman–Crippen MR) is 131 cm³/mol. The molecule has 0 aliphatic carbocycles. The van der Waals surface area contributed by atoms with Gasteiger partial charge in [0.2, 0.25) is 0 Å². The Morgan fingerprint density at radius 2 is 1.86 bits per heavy atom. The van der Waals surface area contributed by atoms with Crippen LogP contribution in [-0.4, -0.2) is 39.6 Å². The maximum absolute atomic E-state index is 13.5. The zero-order valence-corrected chi connectivity index (χ0v) is 20.6. The molecule has 0 aromatic heterocycles. The number of nitrogens with zero attached hydrogens (tertiary/aromatic N) is 1. The van der Waals surface area contributed by atoms with E-state index in [1.807, 2.05) is 11.9 Å². The van der Waals surface area contributed by atoms with E-state index < -0.39 is 33.6 Å². The molecule has 1 atom stereocenters. The Hall–Kier alpha value is -3.15. The molecule has 1 aliphatic rings. The molecule has 0 bridgehead atoms. The first-order chi connectivity index (χ1) is 16.9. The van der Waals surface area contributed by atoms with Crippen molar-refractivity contribution < 1.29 is 31.1 Å². The van der Waals surface area contributed by atoms with Gasteiger partial charge in [0, 0.05) is 30.9 Å². The van der Waals surface area contributed by atoms with Crippen LogP contribution in [0.5, 0.6) is 17.2 Å². The number of nitrogen functional groups attached to an aromatic ring is 1. The van der Waals surface area contributed by atoms with E-state index in [0.717, 1.165) is 18.2 Å². The minimum absolute atomic E-state index is 0.0158. The number of hydrogen-bond acceptors (Lipinski definition) is 6. The Balaban J connectivity index is 1.56. The Morgan fingerprint density at radius 3 is 2.50 bits per heavy atom. The van der Waals surface area contributed by atoms with Crippen molar-refractivity contribution in [3.8, 4) is 17.2 Å². The first-order valence-corrected chi connectivity index (χ1v) is 12.7. The smallest absolute Gasteiger partial charge is 0.419 e. The molecule has 3 N–H and O–H groups in total. The fourth-order valence-corrected chi connectivity index (χ4v) is 5.10. The summed E-state index contributed by atoms with van der Waals surface area (Å²) in [4.78, 5) is 1.74. The van der Waals surface area contributed by atoms with Gasteiger partial charge in [-0.05, 0) is 55.9 Å². The molecule has 0 saturated carbocycles. The largest absolute Gasteiger partial charge is 0.488 e. The highest BCUT2D eigenvalue weighted by atomic mass is 35.5. The van der Waals surface area contributed by atoms with Crippen LogP contribution in [0.4, 0.5) is 24.5 Å². The Bertz CT molecular complexity index is 1370. The van der Waals surface area contributed by atoms with Crippen molar-refractivity contribution >= 4 is 33.0 Å². The van der Waals surface area contributed by atoms with Crippen molar-refractivity contribution in [1.29, 1.82) is 0 Å². The molecule has 0 radical (unpaired) electrons. The van der Waals surface area contributed by atoms with Crippen LogP contribution in [0.3, 0.4) is 0 Å². The topological polar surface area (TPSA) is 93.9 Å². The number of halogens is 4. The number of sulfonamides is 1. The Labute approximate surface area is 211 Å². The number of rotatable bonds is 7. The normalized spacial score (nSPS) is 16.6. The molecular formula is C24H23ClF3N3O4S. The lowest BCUT2D eigenvalue weighted by atomic mass is 10.1. The van der Waals surface area contributed by atoms with E-state index in [-0.39, 0.29) is 21.4 Å². The summed E-state index contributed by atoms with van der Waals surface area (Å²) >= 11 is 6.23. The number of alkyl halides is 3. The molecule has 0 spiro atoms. The van der Waals surface area contributed by atoms with Gasteiger partial charge in [-0.1, -0.05) is 17.7 Å². The average molecular weight is 542 g/mol. The minimum atomic E-state index is -4.66. The van der Waals surface area contributed by atoms with Gasteiger partial charge in [-0.2, -0.15) is 13.2 Å². The number of anilines is 2. The quantitative estimate of drug-likeness (QED) is 0.377. The highest BCUT2D eigenvalue weighted by Crippen LogP contribution is 2.39. The zero-order chi connectivity index (χ0) is 26.1. The zero-order valence-electron chi connectivity index (χ0n) is 19.0. The van der Waals surface area contributed by atoms with Gasteiger partial charge >= 0.3 is 6.18 Å². The lowest BCUT2D eigenvalue weighted by Gasteiger charge is -2.19. The molecule has 7 nitrogen and oxygen atoms in total. The lowest BCUT2D eigenvalue weighted by molar-refractivity contribution is -0.139. The molecular weight excluding hydrogens is 519 g/mol. The molecule has 0 amide bonds. The van der Waals surface area contributed by atoms with Crippen LogP contribution < -0.4 is 19.9 Å². The van der Waals surface area contributed by atoms with E-state index in [4.69, 9.17) is 26.8 Å². The van der Waals surface area contributed by atoms with Crippen LogP contribution in [0.1, 0.15) is 12.0 Å². The van der Waals surface area contributed by atoms with Crippen LogP contribution in [-0.2, 0) is 16.2 Å². The van der Waals surface area contributed by atoms with E-state index in [0.29, 0.717) is 30.9 Å². The van der Waals surface area contributed by atoms with Gasteiger partial charge in [-0.3, -0.25) is 4.72 Å². The second-order valence-corrected chi connectivity index (χ2v) is 10.5. The van der Waals surface area contributed by atoms with Gasteiger partial charge < -0.3 is 20.1 Å². The maximum atomic E-state index is 13.5. The van der Waals surface area contributed by atoms with E-state index in [9.17, 15) is 21.6 Å². The van der Waals surface area contributed by atoms with Gasteiger partial charge in [0.05, 0.1) is 21.2 Å². The molecule has 3 aromatic carbocycles. The fourth-order valence-electron chi connectivity index (χ4n) is 3.74. The molecule has 1 saturated heterocycles. The SMILES string of the molecule is CN1CC[C@@H](Oc2cc(NS(=O)(=O)c3ccc(Oc4cccc(N)c4)c(Cl)c3)ccc2C(F)(F)F)C1. The summed E-state index contributed by atoms with van der Waals surface area (Å²) in [5.41, 5.74) is 5.14. The van der Waals surface area contributed by atoms with Crippen molar-refractivity contribution in [2.24, 2.45) is 0 Å². The molecule has 36 heavy (non-hydrogen) atoms. The molecule has 0 unspecified atom stereocenters. The standard InChI is InChI=1S/C24H23ClF3N3O4S/c1-31-10-9-18(14-31)35-23-12-16(5-7-20(23)24(26,27)28)30-36(32,33)19-6-8-22(21(25)13-19)34-17-4-2-3-15(29)11-17/h2-8,11-13,18,30H,9-10,14,29H2,1H3/t18-/m1/s1. The number of hydrogen-bond donors (Lipinski definition) is 2. The van der Waals surface area contributed by atoms with E-state index in [1.54, 1.807) is 24.3 Å². The third-order valence-electron chi connectivity index (χ3n) is 5.48. The second-order valence-electron chi connectivity index (χ2n) is 8.37. The maximum Gasteiger partial charge on any atom is 0.419 e. The Morgan fingerprint density at radius 1 is 1.08 bits per heavy atom. The summed E-state index contributed by atoms with van der Waals surface area (Å²) in [5, 5.41) is 0.0158. The fraction of sp³-hybridized carbons (Fsp3) is 0.250. The first-order valence-electron chi connectivity index (χ1n) is 10.8. The van der Waals surface area contributed by atoms with E-state index in [2.05, 4.69) is 4.72 Å². The number of likely N-dealkylation sites (N-methyl/N-ethyl adjacent to an activating group) is 1. The van der Waals surface area contributed by atoms with Crippen molar-refractivity contribution in [2.75, 3.05) is 30.6 Å². The van der Waals surface area contributed by atoms with Gasteiger partial charge in [-0.25, -0.2) is 8.42 Å². The number of nitrogens with two attached hydrogens (primary N) is 1. The van der Waals surface area contributed by atoms with Gasteiger partial charge in [0.15, 0.2) is 0 Å². The molecule has 1 fully saturated rings. The van der Waals surface area contributed by atoms with Gasteiger partial charge in [0.25, 0.3) is 10.0 Å². The monoisotopic (exact) mass is 541 g/mol. The Kier molecular flexibility index (Phi) is 7.26. The highest BCUT2D eigenvalue weighted by Gasteiger charge is 2.36. The van der Waals surface area contributed by atoms with E-state index in [1.165, 1.54) is 18.2 Å². The van der Waals surface area contributed by atoms with Crippen LogP contribution in [0, 0.1) is 0 Å². The summed E-state index contributed by atoms with van der Waals surface area (Å²) in [7, 11) is -2.35. The van der Waals surface area contributed by atoms with Gasteiger partial charge in [-0.15, -0.1) is 0 Å².